The first-order valence-corrected chi connectivity index (χ1v) is 24.3. The zero-order valence-electron chi connectivity index (χ0n) is 39.7. The third kappa shape index (κ3) is 5.75. The van der Waals surface area contributed by atoms with Gasteiger partial charge in [0.15, 0.2) is 0 Å². The van der Waals surface area contributed by atoms with Gasteiger partial charge in [-0.1, -0.05) is 217 Å². The Hall–Kier alpha value is -7.74. The molecule has 0 amide bonds. The lowest BCUT2D eigenvalue weighted by Crippen LogP contribution is -2.18. The summed E-state index contributed by atoms with van der Waals surface area (Å²) in [6.07, 6.45) is 0. The summed E-state index contributed by atoms with van der Waals surface area (Å²) in [7, 11) is 0. The molecule has 0 spiro atoms. The molecule has 0 aromatic heterocycles. The Morgan fingerprint density at radius 2 is 0.662 bits per heavy atom. The standard InChI is InChI=1S/C67H53N/c1-65(2)56-25-15-12-20-49(56)51-38-36-47(40-59(51)65)68(48-37-39-52-50-21-13-16-26-57(50)66(3,4)60(52)41-48)46-34-32-43(33-35-46)42-28-30-45(31-29-42)61-53-22-10-11-23-54(53)64-63(62(61)44-18-8-7-9-19-44)55-24-14-17-27-58(55)67(64,5)6/h7-41H,1-6H3. The van der Waals surface area contributed by atoms with Crippen molar-refractivity contribution in [3.8, 4) is 66.8 Å². The van der Waals surface area contributed by atoms with Crippen molar-refractivity contribution in [3.63, 3.8) is 0 Å². The first-order chi connectivity index (χ1) is 33.0. The molecule has 1 heteroatoms. The van der Waals surface area contributed by atoms with E-state index >= 15 is 0 Å². The zero-order chi connectivity index (χ0) is 46.1. The molecule has 68 heavy (non-hydrogen) atoms. The number of hydrogen-bond donors (Lipinski definition) is 0. The van der Waals surface area contributed by atoms with Crippen molar-refractivity contribution in [2.45, 2.75) is 57.8 Å². The van der Waals surface area contributed by atoms with Crippen LogP contribution in [0.1, 0.15) is 74.9 Å². The van der Waals surface area contributed by atoms with E-state index in [-0.39, 0.29) is 16.2 Å². The van der Waals surface area contributed by atoms with Crippen molar-refractivity contribution >= 4 is 27.8 Å². The molecule has 0 aliphatic heterocycles. The lowest BCUT2D eigenvalue weighted by atomic mass is 9.77. The van der Waals surface area contributed by atoms with Crippen LogP contribution < -0.4 is 4.90 Å². The average molecular weight is 872 g/mol. The minimum absolute atomic E-state index is 0.111. The predicted octanol–water partition coefficient (Wildman–Crippen LogP) is 18.2. The van der Waals surface area contributed by atoms with E-state index in [1.54, 1.807) is 0 Å². The summed E-state index contributed by atoms with van der Waals surface area (Å²) in [4.78, 5) is 2.47. The molecule has 0 fully saturated rings. The van der Waals surface area contributed by atoms with Crippen LogP contribution in [0.25, 0.3) is 77.5 Å². The summed E-state index contributed by atoms with van der Waals surface area (Å²) in [6.45, 7) is 14.3. The third-order valence-corrected chi connectivity index (χ3v) is 16.1. The molecule has 0 heterocycles. The van der Waals surface area contributed by atoms with Crippen molar-refractivity contribution in [2.24, 2.45) is 0 Å². The van der Waals surface area contributed by atoms with Gasteiger partial charge in [0.05, 0.1) is 0 Å². The highest BCUT2D eigenvalue weighted by atomic mass is 15.1. The number of nitrogens with zero attached hydrogens (tertiary/aromatic N) is 1. The summed E-state index contributed by atoms with van der Waals surface area (Å²) in [5, 5.41) is 2.62. The fraction of sp³-hybridized carbons (Fsp3) is 0.134. The van der Waals surface area contributed by atoms with Crippen LogP contribution in [-0.2, 0) is 16.2 Å². The fourth-order valence-electron chi connectivity index (χ4n) is 12.7. The SMILES string of the molecule is CC1(C)c2ccccc2-c2ccc(N(c3ccc(-c4ccc(-c5c(-c6ccccc6)c6c(c7ccccc57)C(C)(C)c5ccccc5-6)cc4)cc3)c3ccc4c(c3)C(C)(C)c3ccccc3-4)cc21. The van der Waals surface area contributed by atoms with E-state index in [4.69, 9.17) is 0 Å². The molecular formula is C67H53N. The molecule has 10 aromatic carbocycles. The highest BCUT2D eigenvalue weighted by Gasteiger charge is 2.41. The molecule has 0 saturated heterocycles. The molecular weight excluding hydrogens is 819 g/mol. The second kappa shape index (κ2) is 14.6. The van der Waals surface area contributed by atoms with E-state index in [0.717, 1.165) is 17.1 Å². The molecule has 0 unspecified atom stereocenters. The fourth-order valence-corrected chi connectivity index (χ4v) is 12.7. The lowest BCUT2D eigenvalue weighted by molar-refractivity contribution is 0.660. The van der Waals surface area contributed by atoms with E-state index in [9.17, 15) is 0 Å². The molecule has 3 aliphatic carbocycles. The van der Waals surface area contributed by atoms with Crippen LogP contribution in [0.3, 0.4) is 0 Å². The maximum atomic E-state index is 2.47. The van der Waals surface area contributed by atoms with Gasteiger partial charge in [0, 0.05) is 33.3 Å². The number of benzene rings is 10. The zero-order valence-corrected chi connectivity index (χ0v) is 39.7. The van der Waals surface area contributed by atoms with Gasteiger partial charge in [-0.15, -0.1) is 0 Å². The summed E-state index contributed by atoms with van der Waals surface area (Å²) in [5.41, 5.74) is 26.9. The van der Waals surface area contributed by atoms with Crippen LogP contribution in [0.5, 0.6) is 0 Å². The Kier molecular flexibility index (Phi) is 8.72. The smallest absolute Gasteiger partial charge is 0.0465 e. The molecule has 0 atom stereocenters. The number of hydrogen-bond acceptors (Lipinski definition) is 1. The second-order valence-electron chi connectivity index (χ2n) is 20.8. The molecule has 0 N–H and O–H groups in total. The van der Waals surface area contributed by atoms with Crippen molar-refractivity contribution in [2.75, 3.05) is 4.90 Å². The topological polar surface area (TPSA) is 3.24 Å². The Morgan fingerprint density at radius 1 is 0.265 bits per heavy atom. The number of fused-ring (bicyclic) bond motifs is 11. The Balaban J connectivity index is 0.924. The first kappa shape index (κ1) is 40.5. The average Bonchev–Trinajstić information content (AvgIpc) is 3.86. The quantitative estimate of drug-likeness (QED) is 0.161. The van der Waals surface area contributed by atoms with Crippen LogP contribution in [0.15, 0.2) is 212 Å². The van der Waals surface area contributed by atoms with E-state index in [0.29, 0.717) is 0 Å². The van der Waals surface area contributed by atoms with E-state index in [1.165, 1.54) is 111 Å². The van der Waals surface area contributed by atoms with E-state index < -0.39 is 0 Å². The monoisotopic (exact) mass is 871 g/mol. The van der Waals surface area contributed by atoms with Gasteiger partial charge in [-0.25, -0.2) is 0 Å². The summed E-state index contributed by atoms with van der Waals surface area (Å²) < 4.78 is 0. The summed E-state index contributed by atoms with van der Waals surface area (Å²) in [6, 6.07) is 79.8. The maximum Gasteiger partial charge on any atom is 0.0465 e. The van der Waals surface area contributed by atoms with Gasteiger partial charge in [-0.3, -0.25) is 0 Å². The molecule has 3 aliphatic rings. The highest BCUT2D eigenvalue weighted by molar-refractivity contribution is 6.14. The lowest BCUT2D eigenvalue weighted by Gasteiger charge is -2.30. The van der Waals surface area contributed by atoms with Crippen LogP contribution >= 0.6 is 0 Å². The van der Waals surface area contributed by atoms with E-state index in [2.05, 4.69) is 259 Å². The Morgan fingerprint density at radius 3 is 1.22 bits per heavy atom. The Bertz CT molecular complexity index is 3570. The van der Waals surface area contributed by atoms with Gasteiger partial charge in [-0.2, -0.15) is 0 Å². The molecule has 0 bridgehead atoms. The van der Waals surface area contributed by atoms with Crippen molar-refractivity contribution in [1.29, 1.82) is 0 Å². The van der Waals surface area contributed by atoms with Gasteiger partial charge in [0.2, 0.25) is 0 Å². The molecule has 1 nitrogen and oxygen atoms in total. The second-order valence-corrected chi connectivity index (χ2v) is 20.8. The van der Waals surface area contributed by atoms with Crippen LogP contribution in [0.4, 0.5) is 17.1 Å². The molecule has 326 valence electrons. The number of rotatable bonds is 6. The highest BCUT2D eigenvalue weighted by Crippen LogP contribution is 2.58. The van der Waals surface area contributed by atoms with Crippen molar-refractivity contribution < 1.29 is 0 Å². The normalized spacial score (nSPS) is 15.0. The summed E-state index contributed by atoms with van der Waals surface area (Å²) in [5.74, 6) is 0. The molecule has 10 aromatic rings. The third-order valence-electron chi connectivity index (χ3n) is 16.1. The number of anilines is 3. The molecule has 0 saturated carbocycles. The first-order valence-electron chi connectivity index (χ1n) is 24.3. The minimum atomic E-state index is -0.134. The van der Waals surface area contributed by atoms with Crippen LogP contribution in [0, 0.1) is 0 Å². The maximum absolute atomic E-state index is 2.47. The van der Waals surface area contributed by atoms with Gasteiger partial charge in [-0.05, 0) is 147 Å². The van der Waals surface area contributed by atoms with E-state index in [1.807, 2.05) is 0 Å². The van der Waals surface area contributed by atoms with Gasteiger partial charge < -0.3 is 4.90 Å². The Labute approximate surface area is 401 Å². The van der Waals surface area contributed by atoms with Gasteiger partial charge >= 0.3 is 0 Å². The predicted molar refractivity (Wildman–Crippen MR) is 288 cm³/mol. The van der Waals surface area contributed by atoms with Crippen LogP contribution in [0.2, 0.25) is 0 Å². The van der Waals surface area contributed by atoms with Gasteiger partial charge in [0.1, 0.15) is 0 Å². The van der Waals surface area contributed by atoms with Crippen LogP contribution in [-0.4, -0.2) is 0 Å². The van der Waals surface area contributed by atoms with Crippen molar-refractivity contribution in [3.05, 3.63) is 246 Å². The van der Waals surface area contributed by atoms with Crippen molar-refractivity contribution in [1.82, 2.24) is 0 Å². The largest absolute Gasteiger partial charge is 0.310 e. The minimum Gasteiger partial charge on any atom is -0.310 e. The summed E-state index contributed by atoms with van der Waals surface area (Å²) >= 11 is 0. The molecule has 0 radical (unpaired) electrons. The van der Waals surface area contributed by atoms with Gasteiger partial charge in [0.25, 0.3) is 0 Å². The molecule has 13 rings (SSSR count).